The number of halogens is 2. The lowest BCUT2D eigenvalue weighted by molar-refractivity contribution is -0.141. The van der Waals surface area contributed by atoms with Crippen LogP contribution in [0, 0.1) is 23.0 Å². The van der Waals surface area contributed by atoms with Gasteiger partial charge >= 0.3 is 0 Å². The second-order valence-corrected chi connectivity index (χ2v) is 19.2. The summed E-state index contributed by atoms with van der Waals surface area (Å²) in [5.74, 6) is -2.55. The van der Waals surface area contributed by atoms with Crippen molar-refractivity contribution >= 4 is 39.1 Å². The van der Waals surface area contributed by atoms with Crippen LogP contribution in [0.5, 0.6) is 0 Å². The van der Waals surface area contributed by atoms with Crippen molar-refractivity contribution in [1.29, 1.82) is 0 Å². The zero-order valence-corrected chi connectivity index (χ0v) is 36.3. The summed E-state index contributed by atoms with van der Waals surface area (Å²) in [6.07, 6.45) is 3.60. The van der Waals surface area contributed by atoms with Crippen molar-refractivity contribution in [2.24, 2.45) is 11.3 Å². The molecule has 2 aliphatic carbocycles. The van der Waals surface area contributed by atoms with Crippen LogP contribution in [-0.4, -0.2) is 38.2 Å². The highest BCUT2D eigenvalue weighted by Gasteiger charge is 2.55. The van der Waals surface area contributed by atoms with Gasteiger partial charge in [-0.3, -0.25) is 14.4 Å². The van der Waals surface area contributed by atoms with E-state index in [1.54, 1.807) is 6.07 Å². The first-order chi connectivity index (χ1) is 29.6. The molecule has 5 aromatic carbocycles. The molecule has 1 saturated carbocycles. The lowest BCUT2D eigenvalue weighted by atomic mass is 9.49. The van der Waals surface area contributed by atoms with E-state index in [9.17, 15) is 31.6 Å². The van der Waals surface area contributed by atoms with Crippen molar-refractivity contribution in [2.75, 3.05) is 10.6 Å². The summed E-state index contributed by atoms with van der Waals surface area (Å²) in [6.45, 7) is 7.96. The fraction of sp³-hybridized carbons (Fsp3) is 0.340. The van der Waals surface area contributed by atoms with Crippen molar-refractivity contribution in [2.45, 2.75) is 101 Å². The Kier molecular flexibility index (Phi) is 13.1. The van der Waals surface area contributed by atoms with Gasteiger partial charge in [0.25, 0.3) is 0 Å². The summed E-state index contributed by atoms with van der Waals surface area (Å²) in [5.41, 5.74) is 3.35. The predicted octanol–water partition coefficient (Wildman–Crippen LogP) is 8.99. The molecule has 4 N–H and O–H groups in total. The first-order valence-electron chi connectivity index (χ1n) is 21.3. The van der Waals surface area contributed by atoms with Crippen LogP contribution in [0.15, 0.2) is 126 Å². The number of fused-ring (bicyclic) bond motifs is 3. The largest absolute Gasteiger partial charge is 0.343 e. The van der Waals surface area contributed by atoms with Gasteiger partial charge in [0.1, 0.15) is 23.7 Å². The Balaban J connectivity index is 1.20. The molecule has 2 aliphatic rings. The third kappa shape index (κ3) is 9.66. The van der Waals surface area contributed by atoms with Gasteiger partial charge in [-0.2, -0.15) is 4.72 Å². The zero-order valence-electron chi connectivity index (χ0n) is 35.5. The summed E-state index contributed by atoms with van der Waals surface area (Å²) in [6, 6.07) is 30.9. The lowest BCUT2D eigenvalue weighted by Gasteiger charge is -2.55. The van der Waals surface area contributed by atoms with Crippen LogP contribution in [0.3, 0.4) is 0 Å². The third-order valence-electron chi connectivity index (χ3n) is 12.9. The number of hydrogen-bond donors (Lipinski definition) is 4. The van der Waals surface area contributed by atoms with Crippen molar-refractivity contribution in [1.82, 2.24) is 10.0 Å². The molecular formula is C50H54F2N4O5S. The second kappa shape index (κ2) is 18.3. The molecule has 324 valence electrons. The molecule has 5 atom stereocenters. The van der Waals surface area contributed by atoms with Gasteiger partial charge in [0.15, 0.2) is 0 Å². The Morgan fingerprint density at radius 3 is 1.76 bits per heavy atom. The highest BCUT2D eigenvalue weighted by molar-refractivity contribution is 7.89. The van der Waals surface area contributed by atoms with Crippen molar-refractivity contribution in [3.05, 3.63) is 161 Å². The number of aryl methyl sites for hydroxylation is 1. The van der Waals surface area contributed by atoms with Crippen LogP contribution in [0.25, 0.3) is 0 Å². The minimum atomic E-state index is -4.34. The molecule has 62 heavy (non-hydrogen) atoms. The molecule has 0 heterocycles. The molecule has 0 bridgehead atoms. The van der Waals surface area contributed by atoms with E-state index in [4.69, 9.17) is 0 Å². The van der Waals surface area contributed by atoms with E-state index < -0.39 is 56.4 Å². The van der Waals surface area contributed by atoms with E-state index in [1.165, 1.54) is 48.5 Å². The summed E-state index contributed by atoms with van der Waals surface area (Å²) >= 11 is 0. The highest BCUT2D eigenvalue weighted by atomic mass is 32.2. The topological polar surface area (TPSA) is 133 Å². The molecule has 3 amide bonds. The maximum absolute atomic E-state index is 14.8. The third-order valence-corrected chi connectivity index (χ3v) is 14.5. The van der Waals surface area contributed by atoms with E-state index in [-0.39, 0.29) is 35.5 Å². The molecule has 7 rings (SSSR count). The number of nitrogens with one attached hydrogen (secondary N) is 4. The standard InChI is InChI=1S/C50H54F2N4O5S/c1-32(2)40-30-35-16-25-45-49(3,26-11-27-50(45,4)48(59)55-42(28-33-12-7-5-8-13-33)46(57)53-38-21-17-36(51)18-22-38)41(35)31-44(40)62(60,61)56-43(29-34-14-9-6-10-15-34)47(58)54-39-23-19-37(52)20-24-39/h5-10,12-15,17-24,30-32,42-43,45,56H,11,16,25-29H2,1-4H3,(H,53,57)(H,54,58)(H,55,59)/t42-,43-,45-,49-,50-/m1/s1. The maximum atomic E-state index is 14.8. The van der Waals surface area contributed by atoms with E-state index in [0.29, 0.717) is 42.6 Å². The number of benzene rings is 5. The number of carbonyl (C=O) groups excluding carboxylic acids is 3. The Hall–Kier alpha value is -5.72. The molecule has 0 saturated heterocycles. The van der Waals surface area contributed by atoms with Gasteiger partial charge in [-0.1, -0.05) is 101 Å². The number of hydrogen-bond acceptors (Lipinski definition) is 5. The average molecular weight is 861 g/mol. The Bertz CT molecular complexity index is 2520. The van der Waals surface area contributed by atoms with E-state index in [2.05, 4.69) is 27.6 Å². The Morgan fingerprint density at radius 1 is 0.710 bits per heavy atom. The van der Waals surface area contributed by atoms with Crippen LogP contribution in [-0.2, 0) is 49.1 Å². The zero-order chi connectivity index (χ0) is 44.2. The minimum Gasteiger partial charge on any atom is -0.343 e. The summed E-state index contributed by atoms with van der Waals surface area (Å²) in [4.78, 5) is 42.6. The van der Waals surface area contributed by atoms with Crippen LogP contribution >= 0.6 is 0 Å². The Labute approximate surface area is 363 Å². The fourth-order valence-electron chi connectivity index (χ4n) is 9.67. The first-order valence-corrected chi connectivity index (χ1v) is 22.8. The minimum absolute atomic E-state index is 0.0650. The summed E-state index contributed by atoms with van der Waals surface area (Å²) < 4.78 is 59.7. The molecular weight excluding hydrogens is 807 g/mol. The highest BCUT2D eigenvalue weighted by Crippen LogP contribution is 2.58. The van der Waals surface area contributed by atoms with Gasteiger partial charge in [0, 0.05) is 17.8 Å². The molecule has 0 unspecified atom stereocenters. The monoisotopic (exact) mass is 860 g/mol. The molecule has 0 radical (unpaired) electrons. The van der Waals surface area contributed by atoms with Gasteiger partial charge in [0.05, 0.1) is 10.3 Å². The molecule has 0 spiro atoms. The van der Waals surface area contributed by atoms with Gasteiger partial charge in [-0.05, 0) is 132 Å². The number of carbonyl (C=O) groups is 3. The van der Waals surface area contributed by atoms with Crippen LogP contribution in [0.2, 0.25) is 0 Å². The van der Waals surface area contributed by atoms with Gasteiger partial charge < -0.3 is 16.0 Å². The molecule has 5 aromatic rings. The summed E-state index contributed by atoms with van der Waals surface area (Å²) in [5, 5.41) is 8.73. The number of sulfonamides is 1. The van der Waals surface area contributed by atoms with E-state index in [1.807, 2.05) is 87.5 Å². The van der Waals surface area contributed by atoms with Crippen molar-refractivity contribution < 1.29 is 31.6 Å². The van der Waals surface area contributed by atoms with Crippen LogP contribution in [0.1, 0.15) is 87.1 Å². The molecule has 12 heteroatoms. The maximum Gasteiger partial charge on any atom is 0.247 e. The second-order valence-electron chi connectivity index (χ2n) is 17.6. The first kappa shape index (κ1) is 44.3. The van der Waals surface area contributed by atoms with Crippen molar-refractivity contribution in [3.63, 3.8) is 0 Å². The number of anilines is 2. The lowest BCUT2D eigenvalue weighted by Crippen LogP contribution is -2.58. The molecule has 0 aromatic heterocycles. The predicted molar refractivity (Wildman–Crippen MR) is 238 cm³/mol. The summed E-state index contributed by atoms with van der Waals surface area (Å²) in [7, 11) is -4.34. The quantitative estimate of drug-likeness (QED) is 0.0885. The van der Waals surface area contributed by atoms with Crippen LogP contribution in [0.4, 0.5) is 20.2 Å². The van der Waals surface area contributed by atoms with Gasteiger partial charge in [-0.15, -0.1) is 0 Å². The molecule has 1 fully saturated rings. The van der Waals surface area contributed by atoms with E-state index in [0.717, 1.165) is 28.7 Å². The number of amides is 3. The molecule has 9 nitrogen and oxygen atoms in total. The van der Waals surface area contributed by atoms with E-state index >= 15 is 0 Å². The molecule has 0 aliphatic heterocycles. The fourth-order valence-corrected chi connectivity index (χ4v) is 11.2. The van der Waals surface area contributed by atoms with Gasteiger partial charge in [-0.25, -0.2) is 17.2 Å². The smallest absolute Gasteiger partial charge is 0.247 e. The van der Waals surface area contributed by atoms with Crippen LogP contribution < -0.4 is 20.7 Å². The average Bonchev–Trinajstić information content (AvgIpc) is 3.25. The van der Waals surface area contributed by atoms with Crippen molar-refractivity contribution in [3.8, 4) is 0 Å². The normalized spacial score (nSPS) is 20.6. The number of rotatable bonds is 14. The SMILES string of the molecule is CC(C)c1cc2c(cc1S(=O)(=O)N[C@H](Cc1ccccc1)C(=O)Nc1ccc(F)cc1)[C@@]1(C)CCC[C@@](C)(C(=O)N[C@H](Cc3ccccc3)C(=O)Nc3ccc(F)cc3)[C@@H]1CC2. The van der Waals surface area contributed by atoms with Gasteiger partial charge in [0.2, 0.25) is 27.7 Å². The Morgan fingerprint density at radius 2 is 1.23 bits per heavy atom.